The number of carbonyl (C=O) groups excluding carboxylic acids is 1. The molecule has 1 heterocycles. The van der Waals surface area contributed by atoms with Gasteiger partial charge in [-0.05, 0) is 48.5 Å². The molecule has 0 atom stereocenters. The highest BCUT2D eigenvalue weighted by molar-refractivity contribution is 7.89. The molecule has 0 radical (unpaired) electrons. The average molecular weight is 434 g/mol. The highest BCUT2D eigenvalue weighted by Crippen LogP contribution is 2.28. The number of phenols is 1. The van der Waals surface area contributed by atoms with Gasteiger partial charge in [0.15, 0.2) is 0 Å². The maximum atomic E-state index is 12.7. The summed E-state index contributed by atoms with van der Waals surface area (Å²) in [5.74, 6) is -0.722. The van der Waals surface area contributed by atoms with Gasteiger partial charge in [0.2, 0.25) is 10.0 Å². The minimum absolute atomic E-state index is 0.00773. The molecule has 0 spiro atoms. The highest BCUT2D eigenvalue weighted by atomic mass is 35.5. The van der Waals surface area contributed by atoms with Crippen molar-refractivity contribution in [2.24, 2.45) is 0 Å². The molecule has 1 aromatic heterocycles. The van der Waals surface area contributed by atoms with Crippen molar-refractivity contribution in [3.8, 4) is 5.75 Å². The van der Waals surface area contributed by atoms with Crippen LogP contribution < -0.4 is 5.32 Å². The van der Waals surface area contributed by atoms with E-state index < -0.39 is 15.9 Å². The summed E-state index contributed by atoms with van der Waals surface area (Å²) in [6.45, 7) is 4.12. The van der Waals surface area contributed by atoms with E-state index in [1.165, 1.54) is 22.5 Å². The number of benzene rings is 2. The van der Waals surface area contributed by atoms with Gasteiger partial charge < -0.3 is 10.4 Å². The van der Waals surface area contributed by atoms with Gasteiger partial charge in [0.1, 0.15) is 10.9 Å². The minimum atomic E-state index is -3.72. The van der Waals surface area contributed by atoms with Gasteiger partial charge in [-0.15, -0.1) is 0 Å². The number of pyridine rings is 1. The number of rotatable bonds is 6. The van der Waals surface area contributed by atoms with Crippen molar-refractivity contribution < 1.29 is 18.3 Å². The van der Waals surface area contributed by atoms with E-state index in [1.807, 2.05) is 0 Å². The Balaban J connectivity index is 1.92. The first-order chi connectivity index (χ1) is 13.8. The average Bonchev–Trinajstić information content (AvgIpc) is 2.69. The first-order valence-electron chi connectivity index (χ1n) is 8.97. The third-order valence-corrected chi connectivity index (χ3v) is 6.73. The van der Waals surface area contributed by atoms with Crippen molar-refractivity contribution in [2.45, 2.75) is 18.7 Å². The number of halogens is 1. The normalized spacial score (nSPS) is 11.7. The van der Waals surface area contributed by atoms with E-state index >= 15 is 0 Å². The van der Waals surface area contributed by atoms with Crippen molar-refractivity contribution in [3.63, 3.8) is 0 Å². The molecule has 0 fully saturated rings. The predicted molar refractivity (Wildman–Crippen MR) is 113 cm³/mol. The molecule has 0 aliphatic carbocycles. The van der Waals surface area contributed by atoms with E-state index in [9.17, 15) is 18.3 Å². The summed E-state index contributed by atoms with van der Waals surface area (Å²) in [4.78, 5) is 16.8. The molecule has 0 bridgehead atoms. The molecular formula is C20H20ClN3O4S. The van der Waals surface area contributed by atoms with Crippen LogP contribution in [0.4, 0.5) is 5.69 Å². The van der Waals surface area contributed by atoms with Crippen LogP contribution in [0, 0.1) is 0 Å². The fourth-order valence-corrected chi connectivity index (χ4v) is 4.56. The van der Waals surface area contributed by atoms with Crippen LogP contribution in [0.3, 0.4) is 0 Å². The largest absolute Gasteiger partial charge is 0.506 e. The van der Waals surface area contributed by atoms with Crippen molar-refractivity contribution in [1.82, 2.24) is 9.29 Å². The van der Waals surface area contributed by atoms with Crippen molar-refractivity contribution in [1.29, 1.82) is 0 Å². The smallest absolute Gasteiger partial charge is 0.255 e. The minimum Gasteiger partial charge on any atom is -0.506 e. The topological polar surface area (TPSA) is 99.6 Å². The fraction of sp³-hybridized carbons (Fsp3) is 0.200. The van der Waals surface area contributed by atoms with Crippen LogP contribution in [0.15, 0.2) is 53.4 Å². The lowest BCUT2D eigenvalue weighted by atomic mass is 10.1. The fourth-order valence-electron chi connectivity index (χ4n) is 2.92. The number of sulfonamides is 1. The maximum absolute atomic E-state index is 12.7. The standard InChI is InChI=1S/C20H20ClN3O4S/c1-3-24(4-2)29(27,28)15-7-9-18(25)17(12-15)23-20(26)14-5-8-16-13(11-14)6-10-19(21)22-16/h5-12,25H,3-4H2,1-2H3,(H,23,26). The first-order valence-corrected chi connectivity index (χ1v) is 10.8. The Labute approximate surface area is 174 Å². The number of hydrogen-bond donors (Lipinski definition) is 2. The summed E-state index contributed by atoms with van der Waals surface area (Å²) >= 11 is 5.87. The van der Waals surface area contributed by atoms with Gasteiger partial charge in [0, 0.05) is 24.0 Å². The zero-order valence-electron chi connectivity index (χ0n) is 15.9. The molecule has 2 N–H and O–H groups in total. The van der Waals surface area contributed by atoms with Gasteiger partial charge in [-0.25, -0.2) is 13.4 Å². The lowest BCUT2D eigenvalue weighted by molar-refractivity contribution is 0.102. The van der Waals surface area contributed by atoms with Crippen molar-refractivity contribution >= 4 is 44.1 Å². The Morgan fingerprint density at radius 1 is 1.10 bits per heavy atom. The third-order valence-electron chi connectivity index (χ3n) is 4.48. The molecule has 0 saturated carbocycles. The van der Waals surface area contributed by atoms with Crippen LogP contribution >= 0.6 is 11.6 Å². The van der Waals surface area contributed by atoms with Gasteiger partial charge >= 0.3 is 0 Å². The number of nitrogens with zero attached hydrogens (tertiary/aromatic N) is 2. The van der Waals surface area contributed by atoms with Crippen LogP contribution in [0.2, 0.25) is 5.15 Å². The molecule has 0 aliphatic rings. The Bertz CT molecular complexity index is 1180. The molecule has 0 saturated heterocycles. The quantitative estimate of drug-likeness (QED) is 0.454. The molecule has 3 rings (SSSR count). The lowest BCUT2D eigenvalue weighted by Gasteiger charge is -2.19. The molecule has 29 heavy (non-hydrogen) atoms. The summed E-state index contributed by atoms with van der Waals surface area (Å²) in [7, 11) is -3.72. The molecule has 1 amide bonds. The summed E-state index contributed by atoms with van der Waals surface area (Å²) in [6.07, 6.45) is 0. The van der Waals surface area contributed by atoms with E-state index in [-0.39, 0.29) is 16.3 Å². The summed E-state index contributed by atoms with van der Waals surface area (Å²) < 4.78 is 26.7. The van der Waals surface area contributed by atoms with Gasteiger partial charge in [-0.3, -0.25) is 4.79 Å². The molecular weight excluding hydrogens is 414 g/mol. The van der Waals surface area contributed by atoms with Crippen LogP contribution in [0.5, 0.6) is 5.75 Å². The van der Waals surface area contributed by atoms with Crippen LogP contribution in [0.25, 0.3) is 10.9 Å². The molecule has 7 nitrogen and oxygen atoms in total. The van der Waals surface area contributed by atoms with Gasteiger partial charge in [-0.2, -0.15) is 4.31 Å². The first kappa shape index (κ1) is 21.0. The lowest BCUT2D eigenvalue weighted by Crippen LogP contribution is -2.30. The molecule has 152 valence electrons. The van der Waals surface area contributed by atoms with E-state index in [4.69, 9.17) is 11.6 Å². The van der Waals surface area contributed by atoms with Gasteiger partial charge in [0.05, 0.1) is 16.1 Å². The van der Waals surface area contributed by atoms with Crippen LogP contribution in [-0.2, 0) is 10.0 Å². The monoisotopic (exact) mass is 433 g/mol. The molecule has 0 aliphatic heterocycles. The summed E-state index contributed by atoms with van der Waals surface area (Å²) in [6, 6.07) is 12.1. The van der Waals surface area contributed by atoms with E-state index in [1.54, 1.807) is 44.2 Å². The molecule has 9 heteroatoms. The zero-order valence-corrected chi connectivity index (χ0v) is 17.5. The Kier molecular flexibility index (Phi) is 6.07. The second kappa shape index (κ2) is 8.36. The Hall–Kier alpha value is -2.68. The number of amides is 1. The SMILES string of the molecule is CCN(CC)S(=O)(=O)c1ccc(O)c(NC(=O)c2ccc3nc(Cl)ccc3c2)c1. The predicted octanol–water partition coefficient (Wildman–Crippen LogP) is 3.88. The third kappa shape index (κ3) is 4.34. The number of anilines is 1. The highest BCUT2D eigenvalue weighted by Gasteiger charge is 2.23. The second-order valence-electron chi connectivity index (χ2n) is 6.26. The van der Waals surface area contributed by atoms with Crippen LogP contribution in [-0.4, -0.2) is 41.8 Å². The van der Waals surface area contributed by atoms with Crippen molar-refractivity contribution in [3.05, 3.63) is 59.2 Å². The van der Waals surface area contributed by atoms with Gasteiger partial charge in [0.25, 0.3) is 5.91 Å². The number of hydrogen-bond acceptors (Lipinski definition) is 5. The molecule has 3 aromatic rings. The zero-order chi connectivity index (χ0) is 21.2. The number of nitrogens with one attached hydrogen (secondary N) is 1. The molecule has 0 unspecified atom stereocenters. The summed E-state index contributed by atoms with van der Waals surface area (Å²) in [5.41, 5.74) is 0.986. The number of aromatic hydroxyl groups is 1. The van der Waals surface area contributed by atoms with E-state index in [2.05, 4.69) is 10.3 Å². The number of aromatic nitrogens is 1. The van der Waals surface area contributed by atoms with E-state index in [0.717, 1.165) is 5.39 Å². The summed E-state index contributed by atoms with van der Waals surface area (Å²) in [5, 5.41) is 13.8. The maximum Gasteiger partial charge on any atom is 0.255 e. The van der Waals surface area contributed by atoms with Crippen LogP contribution in [0.1, 0.15) is 24.2 Å². The van der Waals surface area contributed by atoms with Gasteiger partial charge in [-0.1, -0.05) is 25.4 Å². The molecule has 2 aromatic carbocycles. The van der Waals surface area contributed by atoms with E-state index in [0.29, 0.717) is 29.3 Å². The van der Waals surface area contributed by atoms with Crippen molar-refractivity contribution in [2.75, 3.05) is 18.4 Å². The Morgan fingerprint density at radius 2 is 1.83 bits per heavy atom. The second-order valence-corrected chi connectivity index (χ2v) is 8.59. The number of phenolic OH excluding ortho intramolecular Hbond substituents is 1. The number of carbonyl (C=O) groups is 1. The number of fused-ring (bicyclic) bond motifs is 1. The Morgan fingerprint density at radius 3 is 2.52 bits per heavy atom.